The molecule has 3 aromatic rings. The zero-order chi connectivity index (χ0) is 17.6. The minimum absolute atomic E-state index is 0.160. The summed E-state index contributed by atoms with van der Waals surface area (Å²) in [6.45, 7) is 2.47. The lowest BCUT2D eigenvalue weighted by Crippen LogP contribution is -2.21. The third kappa shape index (κ3) is 4.96. The molecule has 130 valence electrons. The van der Waals surface area contributed by atoms with Gasteiger partial charge >= 0.3 is 5.97 Å². The van der Waals surface area contributed by atoms with Gasteiger partial charge in [-0.25, -0.2) is 4.79 Å². The van der Waals surface area contributed by atoms with Crippen molar-refractivity contribution in [1.29, 1.82) is 0 Å². The first-order chi connectivity index (χ1) is 12.1. The molecule has 3 rings (SSSR count). The van der Waals surface area contributed by atoms with Crippen LogP contribution in [0.25, 0.3) is 0 Å². The number of hydrogen-bond donors (Lipinski definition) is 0. The molecule has 0 N–H and O–H groups in total. The van der Waals surface area contributed by atoms with E-state index >= 15 is 0 Å². The van der Waals surface area contributed by atoms with E-state index in [4.69, 9.17) is 13.9 Å². The third-order valence-corrected chi connectivity index (χ3v) is 3.73. The fraction of sp³-hybridized carbons (Fsp3) is 0.222. The maximum Gasteiger partial charge on any atom is 0.374 e. The number of para-hydroxylation sites is 1. The molecule has 25 heavy (non-hydrogen) atoms. The Hall–Kier alpha value is -2.54. The highest BCUT2D eigenvalue weighted by molar-refractivity contribution is 9.10. The van der Waals surface area contributed by atoms with Crippen LogP contribution in [-0.2, 0) is 11.3 Å². The van der Waals surface area contributed by atoms with Gasteiger partial charge in [0.2, 0.25) is 5.76 Å². The number of carbonyl (C=O) groups is 1. The van der Waals surface area contributed by atoms with Gasteiger partial charge in [0.25, 0.3) is 0 Å². The predicted octanol–water partition coefficient (Wildman–Crippen LogP) is 3.91. The van der Waals surface area contributed by atoms with Crippen molar-refractivity contribution in [2.75, 3.05) is 6.61 Å². The van der Waals surface area contributed by atoms with Crippen molar-refractivity contribution in [3.05, 3.63) is 70.9 Å². The quantitative estimate of drug-likeness (QED) is 0.558. The second-order valence-corrected chi connectivity index (χ2v) is 6.38. The largest absolute Gasteiger partial charge is 0.490 e. The smallest absolute Gasteiger partial charge is 0.374 e. The van der Waals surface area contributed by atoms with Gasteiger partial charge in [0.05, 0.1) is 17.2 Å². The van der Waals surface area contributed by atoms with Gasteiger partial charge in [0, 0.05) is 6.20 Å². The van der Waals surface area contributed by atoms with Crippen LogP contribution >= 0.6 is 15.9 Å². The summed E-state index contributed by atoms with van der Waals surface area (Å²) in [4.78, 5) is 12.1. The Morgan fingerprint density at radius 2 is 2.08 bits per heavy atom. The predicted molar refractivity (Wildman–Crippen MR) is 94.6 cm³/mol. The van der Waals surface area contributed by atoms with Gasteiger partial charge in [-0.1, -0.05) is 18.2 Å². The highest BCUT2D eigenvalue weighted by Crippen LogP contribution is 2.14. The average Bonchev–Trinajstić information content (AvgIpc) is 3.23. The molecule has 2 heterocycles. The number of halogens is 1. The van der Waals surface area contributed by atoms with E-state index < -0.39 is 12.1 Å². The lowest BCUT2D eigenvalue weighted by molar-refractivity contribution is 0.0193. The molecule has 1 atom stereocenters. The highest BCUT2D eigenvalue weighted by atomic mass is 79.9. The number of furan rings is 1. The zero-order valence-electron chi connectivity index (χ0n) is 13.6. The van der Waals surface area contributed by atoms with E-state index in [1.807, 2.05) is 36.5 Å². The Morgan fingerprint density at radius 3 is 2.80 bits per heavy atom. The number of hydrogen-bond acceptors (Lipinski definition) is 5. The number of rotatable bonds is 7. The Bertz CT molecular complexity index is 828. The topological polar surface area (TPSA) is 66.5 Å². The third-order valence-electron chi connectivity index (χ3n) is 3.32. The average molecular weight is 405 g/mol. The first-order valence-corrected chi connectivity index (χ1v) is 8.55. The number of benzene rings is 1. The normalized spacial score (nSPS) is 11.9. The number of nitrogens with zero attached hydrogens (tertiary/aromatic N) is 2. The van der Waals surface area contributed by atoms with Gasteiger partial charge in [-0.05, 0) is 47.1 Å². The summed E-state index contributed by atoms with van der Waals surface area (Å²) in [5.74, 6) is 0.997. The lowest BCUT2D eigenvalue weighted by Gasteiger charge is -2.13. The number of esters is 1. The second-order valence-electron chi connectivity index (χ2n) is 5.46. The van der Waals surface area contributed by atoms with Crippen LogP contribution in [0.15, 0.2) is 63.7 Å². The Balaban J connectivity index is 1.51. The molecule has 0 radical (unpaired) electrons. The summed E-state index contributed by atoms with van der Waals surface area (Å²) < 4.78 is 19.0. The standard InChI is InChI=1S/C18H17BrN2O4/c1-13(12-23-15-5-3-2-4-6-15)24-18(22)17-8-7-16(25-17)11-21-10-14(19)9-20-21/h2-10,13H,11-12H2,1H3. The van der Waals surface area contributed by atoms with Crippen LogP contribution < -0.4 is 4.74 Å². The van der Waals surface area contributed by atoms with Crippen molar-refractivity contribution in [3.8, 4) is 5.75 Å². The van der Waals surface area contributed by atoms with Crippen molar-refractivity contribution < 1.29 is 18.7 Å². The number of ether oxygens (including phenoxy) is 2. The van der Waals surface area contributed by atoms with Crippen LogP contribution in [0.3, 0.4) is 0 Å². The highest BCUT2D eigenvalue weighted by Gasteiger charge is 2.17. The van der Waals surface area contributed by atoms with Crippen LogP contribution in [0.1, 0.15) is 23.2 Å². The summed E-state index contributed by atoms with van der Waals surface area (Å²) >= 11 is 3.33. The first kappa shape index (κ1) is 17.3. The fourth-order valence-corrected chi connectivity index (χ4v) is 2.49. The zero-order valence-corrected chi connectivity index (χ0v) is 15.2. The molecule has 0 saturated heterocycles. The van der Waals surface area contributed by atoms with Crippen LogP contribution in [0.2, 0.25) is 0 Å². The van der Waals surface area contributed by atoms with Crippen LogP contribution in [-0.4, -0.2) is 28.5 Å². The number of carbonyl (C=O) groups excluding carboxylic acids is 1. The van der Waals surface area contributed by atoms with Crippen molar-refractivity contribution >= 4 is 21.9 Å². The molecule has 7 heteroatoms. The molecule has 2 aromatic heterocycles. The molecular weight excluding hydrogens is 388 g/mol. The van der Waals surface area contributed by atoms with Gasteiger partial charge < -0.3 is 13.9 Å². The maximum atomic E-state index is 12.1. The lowest BCUT2D eigenvalue weighted by atomic mass is 10.3. The van der Waals surface area contributed by atoms with E-state index in [0.717, 1.165) is 10.2 Å². The minimum atomic E-state index is -0.517. The molecule has 0 aliphatic heterocycles. The minimum Gasteiger partial charge on any atom is -0.490 e. The van der Waals surface area contributed by atoms with E-state index in [-0.39, 0.29) is 12.4 Å². The van der Waals surface area contributed by atoms with E-state index in [1.54, 1.807) is 29.9 Å². The maximum absolute atomic E-state index is 12.1. The molecule has 0 amide bonds. The Morgan fingerprint density at radius 1 is 1.28 bits per heavy atom. The molecular formula is C18H17BrN2O4. The summed E-state index contributed by atoms with van der Waals surface area (Å²) in [7, 11) is 0. The van der Waals surface area contributed by atoms with E-state index in [1.165, 1.54) is 0 Å². The van der Waals surface area contributed by atoms with Crippen molar-refractivity contribution in [1.82, 2.24) is 9.78 Å². The molecule has 0 saturated carbocycles. The van der Waals surface area contributed by atoms with Crippen LogP contribution in [0.5, 0.6) is 5.75 Å². The molecule has 0 aliphatic carbocycles. The van der Waals surface area contributed by atoms with E-state index in [0.29, 0.717) is 12.3 Å². The molecule has 0 fully saturated rings. The van der Waals surface area contributed by atoms with Crippen LogP contribution in [0, 0.1) is 0 Å². The van der Waals surface area contributed by atoms with Crippen molar-refractivity contribution in [2.24, 2.45) is 0 Å². The van der Waals surface area contributed by atoms with Crippen molar-refractivity contribution in [3.63, 3.8) is 0 Å². The second kappa shape index (κ2) is 8.02. The SMILES string of the molecule is CC(COc1ccccc1)OC(=O)c1ccc(Cn2cc(Br)cn2)o1. The molecule has 6 nitrogen and oxygen atoms in total. The van der Waals surface area contributed by atoms with Crippen molar-refractivity contribution in [2.45, 2.75) is 19.6 Å². The molecule has 1 unspecified atom stereocenters. The van der Waals surface area contributed by atoms with Gasteiger partial charge in [-0.15, -0.1) is 0 Å². The summed E-state index contributed by atoms with van der Waals surface area (Å²) in [5, 5.41) is 4.14. The fourth-order valence-electron chi connectivity index (χ4n) is 2.16. The van der Waals surface area contributed by atoms with Gasteiger partial charge in [-0.3, -0.25) is 4.68 Å². The van der Waals surface area contributed by atoms with Gasteiger partial charge in [0.15, 0.2) is 0 Å². The van der Waals surface area contributed by atoms with Crippen LogP contribution in [0.4, 0.5) is 0 Å². The molecule has 0 spiro atoms. The number of aromatic nitrogens is 2. The Labute approximate surface area is 153 Å². The molecule has 1 aromatic carbocycles. The first-order valence-electron chi connectivity index (χ1n) is 7.75. The molecule has 0 aliphatic rings. The summed E-state index contributed by atoms with van der Waals surface area (Å²) in [6.07, 6.45) is 3.11. The summed E-state index contributed by atoms with van der Waals surface area (Å²) in [5.41, 5.74) is 0. The van der Waals surface area contributed by atoms with Gasteiger partial charge in [-0.2, -0.15) is 5.10 Å². The summed E-state index contributed by atoms with van der Waals surface area (Å²) in [6, 6.07) is 12.7. The molecule has 0 bridgehead atoms. The Kier molecular flexibility index (Phi) is 5.55. The van der Waals surface area contributed by atoms with E-state index in [9.17, 15) is 4.79 Å². The van der Waals surface area contributed by atoms with E-state index in [2.05, 4.69) is 21.0 Å². The monoisotopic (exact) mass is 404 g/mol. The van der Waals surface area contributed by atoms with Gasteiger partial charge in [0.1, 0.15) is 24.2 Å².